The highest BCUT2D eigenvalue weighted by molar-refractivity contribution is 6.13. The molecule has 3 aliphatic heterocycles. The van der Waals surface area contributed by atoms with Crippen LogP contribution < -0.4 is 0 Å². The summed E-state index contributed by atoms with van der Waals surface area (Å²) in [6, 6.07) is 0. The number of hydrogen-bond acceptors (Lipinski definition) is 4. The maximum Gasteiger partial charge on any atom is 0.181 e. The van der Waals surface area contributed by atoms with Crippen molar-refractivity contribution in [3.63, 3.8) is 0 Å². The van der Waals surface area contributed by atoms with Crippen molar-refractivity contribution in [1.29, 1.82) is 0 Å². The summed E-state index contributed by atoms with van der Waals surface area (Å²) in [5.41, 5.74) is -1.66. The molecule has 5 aliphatic carbocycles. The Labute approximate surface area is 154 Å². The second kappa shape index (κ2) is 4.52. The Balaban J connectivity index is 1.52. The van der Waals surface area contributed by atoms with Gasteiger partial charge in [0.25, 0.3) is 0 Å². The summed E-state index contributed by atoms with van der Waals surface area (Å²) in [6.45, 7) is 7.57. The minimum absolute atomic E-state index is 0.0127. The second-order valence-corrected chi connectivity index (χ2v) is 10.1. The largest absolute Gasteiger partial charge is 0.370 e. The molecule has 4 nitrogen and oxygen atoms in total. The van der Waals surface area contributed by atoms with Crippen LogP contribution >= 0.6 is 0 Å². The Kier molecular flexibility index (Phi) is 2.78. The van der Waals surface area contributed by atoms with Crippen LogP contribution in [0.3, 0.4) is 0 Å². The van der Waals surface area contributed by atoms with E-state index in [2.05, 4.69) is 13.5 Å². The van der Waals surface area contributed by atoms with Crippen molar-refractivity contribution in [3.05, 3.63) is 12.7 Å². The van der Waals surface area contributed by atoms with Crippen LogP contribution in [0.2, 0.25) is 0 Å². The highest BCUT2D eigenvalue weighted by atomic mass is 16.6. The van der Waals surface area contributed by atoms with E-state index in [1.54, 1.807) is 0 Å². The van der Waals surface area contributed by atoms with Crippen LogP contribution in [0.5, 0.6) is 0 Å². The van der Waals surface area contributed by atoms with E-state index >= 15 is 0 Å². The summed E-state index contributed by atoms with van der Waals surface area (Å²) >= 11 is 0. The predicted molar refractivity (Wildman–Crippen MR) is 94.4 cm³/mol. The van der Waals surface area contributed by atoms with Crippen LogP contribution in [0, 0.1) is 34.5 Å². The zero-order valence-electron chi connectivity index (χ0n) is 15.6. The minimum atomic E-state index is -0.774. The van der Waals surface area contributed by atoms with Gasteiger partial charge in [-0.1, -0.05) is 13.0 Å². The third-order valence-electron chi connectivity index (χ3n) is 9.78. The molecule has 3 spiro atoms. The van der Waals surface area contributed by atoms with Gasteiger partial charge >= 0.3 is 0 Å². The smallest absolute Gasteiger partial charge is 0.181 e. The van der Waals surface area contributed by atoms with Gasteiger partial charge in [0, 0.05) is 11.8 Å². The van der Waals surface area contributed by atoms with Crippen LogP contribution in [0.15, 0.2) is 12.7 Å². The lowest BCUT2D eigenvalue weighted by atomic mass is 9.37. The predicted octanol–water partition coefficient (Wildman–Crippen LogP) is 3.09. The van der Waals surface area contributed by atoms with E-state index in [0.29, 0.717) is 37.4 Å². The average Bonchev–Trinajstić information content (AvgIpc) is 3.47. The number of carbonyl (C=O) groups is 2. The van der Waals surface area contributed by atoms with Crippen molar-refractivity contribution >= 4 is 11.6 Å². The van der Waals surface area contributed by atoms with E-state index in [1.165, 1.54) is 0 Å². The van der Waals surface area contributed by atoms with Gasteiger partial charge < -0.3 is 9.47 Å². The van der Waals surface area contributed by atoms with Gasteiger partial charge in [0.05, 0.1) is 24.2 Å². The molecule has 8 rings (SSSR count). The summed E-state index contributed by atoms with van der Waals surface area (Å²) in [5, 5.41) is 0. The number of hydrogen-bond donors (Lipinski definition) is 0. The van der Waals surface area contributed by atoms with E-state index < -0.39 is 11.0 Å². The van der Waals surface area contributed by atoms with E-state index in [4.69, 9.17) is 9.47 Å². The Morgan fingerprint density at radius 3 is 2.69 bits per heavy atom. The van der Waals surface area contributed by atoms with Gasteiger partial charge in [-0.05, 0) is 62.2 Å². The first-order chi connectivity index (χ1) is 12.5. The lowest BCUT2D eigenvalue weighted by Crippen LogP contribution is -2.72. The molecule has 8 aliphatic rings. The average molecular weight is 356 g/mol. The number of epoxide rings is 1. The van der Waals surface area contributed by atoms with Gasteiger partial charge in [-0.15, -0.1) is 6.58 Å². The summed E-state index contributed by atoms with van der Waals surface area (Å²) < 4.78 is 12.3. The molecule has 5 saturated carbocycles. The molecule has 26 heavy (non-hydrogen) atoms. The Hall–Kier alpha value is -1.00. The summed E-state index contributed by atoms with van der Waals surface area (Å²) in [6.07, 6.45) is 8.43. The zero-order chi connectivity index (χ0) is 17.9. The molecule has 8 atom stereocenters. The number of ether oxygens (including phenoxy) is 2. The normalized spacial score (nSPS) is 59.7. The molecule has 8 fully saturated rings. The third-order valence-corrected chi connectivity index (χ3v) is 9.78. The molecule has 0 radical (unpaired) electrons. The molecular weight excluding hydrogens is 328 g/mol. The number of Topliss-reactive ketones (excluding diaryl/α,β-unsaturated/α-hetero) is 2. The maximum absolute atomic E-state index is 13.6. The molecular formula is C22H28O4. The van der Waals surface area contributed by atoms with Gasteiger partial charge in [0.15, 0.2) is 11.4 Å². The first kappa shape index (κ1) is 16.0. The molecule has 4 unspecified atom stereocenters. The number of fused-ring (bicyclic) bond motifs is 4. The van der Waals surface area contributed by atoms with Crippen LogP contribution in [-0.2, 0) is 19.1 Å². The van der Waals surface area contributed by atoms with Crippen molar-refractivity contribution in [2.75, 3.05) is 13.2 Å². The summed E-state index contributed by atoms with van der Waals surface area (Å²) in [7, 11) is 0. The first-order valence-electron chi connectivity index (χ1n) is 10.4. The summed E-state index contributed by atoms with van der Waals surface area (Å²) in [5.74, 6) is 1.45. The van der Waals surface area contributed by atoms with Crippen LogP contribution in [0.1, 0.15) is 51.9 Å². The molecule has 0 aromatic heterocycles. The van der Waals surface area contributed by atoms with Gasteiger partial charge in [-0.3, -0.25) is 9.59 Å². The van der Waals surface area contributed by atoms with Crippen molar-refractivity contribution in [1.82, 2.24) is 0 Å². The lowest BCUT2D eigenvalue weighted by Gasteiger charge is -2.66. The molecule has 4 bridgehead atoms. The van der Waals surface area contributed by atoms with Crippen LogP contribution in [-0.4, -0.2) is 36.0 Å². The SMILES string of the molecule is C=C[C@]12CCC[C@]3(CO1)C(CC(=O)[C@@]14CC[C@@H](CC13)C1(CO1)C4=O)C2C. The Morgan fingerprint density at radius 2 is 1.96 bits per heavy atom. The van der Waals surface area contributed by atoms with Crippen LogP contribution in [0.25, 0.3) is 0 Å². The third kappa shape index (κ3) is 1.44. The lowest BCUT2D eigenvalue weighted by molar-refractivity contribution is -0.232. The van der Waals surface area contributed by atoms with Crippen LogP contribution in [0.4, 0.5) is 0 Å². The van der Waals surface area contributed by atoms with Crippen molar-refractivity contribution in [2.24, 2.45) is 34.5 Å². The van der Waals surface area contributed by atoms with Gasteiger partial charge in [0.1, 0.15) is 5.78 Å². The molecule has 4 heteroatoms. The molecule has 140 valence electrons. The molecule has 0 amide bonds. The molecule has 0 aromatic rings. The van der Waals surface area contributed by atoms with Crippen molar-refractivity contribution in [3.8, 4) is 0 Å². The molecule has 3 heterocycles. The van der Waals surface area contributed by atoms with Gasteiger partial charge in [0.2, 0.25) is 0 Å². The van der Waals surface area contributed by atoms with Gasteiger partial charge in [-0.25, -0.2) is 0 Å². The van der Waals surface area contributed by atoms with E-state index in [1.807, 2.05) is 6.08 Å². The number of carbonyl (C=O) groups excluding carboxylic acids is 2. The standard InChI is InChI=1S/C22H28O4/c1-3-20-7-4-6-19(11-25-20)15(13(20)2)10-17(23)21-8-5-14(9-16(19)21)22(12-26-22)18(21)24/h3,13-16H,1,4-12H2,2H3/t13?,14-,15?,16?,19-,20+,21+,22?/m0/s1. The number of rotatable bonds is 1. The Morgan fingerprint density at radius 1 is 1.15 bits per heavy atom. The quantitative estimate of drug-likeness (QED) is 0.412. The fourth-order valence-electron chi connectivity index (χ4n) is 8.31. The van der Waals surface area contributed by atoms with E-state index in [-0.39, 0.29) is 28.5 Å². The first-order valence-corrected chi connectivity index (χ1v) is 10.4. The highest BCUT2D eigenvalue weighted by Gasteiger charge is 2.79. The highest BCUT2D eigenvalue weighted by Crippen LogP contribution is 2.72. The molecule has 3 saturated heterocycles. The topological polar surface area (TPSA) is 55.9 Å². The second-order valence-electron chi connectivity index (χ2n) is 10.1. The van der Waals surface area contributed by atoms with Crippen molar-refractivity contribution in [2.45, 2.75) is 63.1 Å². The summed E-state index contributed by atoms with van der Waals surface area (Å²) in [4.78, 5) is 27.1. The monoisotopic (exact) mass is 356 g/mol. The van der Waals surface area contributed by atoms with E-state index in [0.717, 1.165) is 38.5 Å². The maximum atomic E-state index is 13.6. The van der Waals surface area contributed by atoms with Gasteiger partial charge in [-0.2, -0.15) is 0 Å². The Bertz CT molecular complexity index is 738. The molecule has 0 N–H and O–H groups in total. The fourth-order valence-corrected chi connectivity index (χ4v) is 8.31. The number of ketones is 2. The van der Waals surface area contributed by atoms with Crippen molar-refractivity contribution < 1.29 is 19.1 Å². The van der Waals surface area contributed by atoms with E-state index in [9.17, 15) is 9.59 Å². The fraction of sp³-hybridized carbons (Fsp3) is 0.818. The molecule has 0 aromatic carbocycles. The zero-order valence-corrected chi connectivity index (χ0v) is 15.6. The minimum Gasteiger partial charge on any atom is -0.370 e.